The van der Waals surface area contributed by atoms with Gasteiger partial charge in [-0.25, -0.2) is 0 Å². The van der Waals surface area contributed by atoms with E-state index in [2.05, 4.69) is 16.7 Å². The molecule has 0 fully saturated rings. The molecule has 0 bridgehead atoms. The lowest BCUT2D eigenvalue weighted by Crippen LogP contribution is -2.45. The van der Waals surface area contributed by atoms with Crippen molar-refractivity contribution in [1.82, 2.24) is 14.4 Å². The maximum atomic E-state index is 13.4. The largest absolute Gasteiger partial charge is 0.385 e. The number of hydrogen-bond acceptors (Lipinski definition) is 4. The number of hydrogen-bond donors (Lipinski definition) is 0. The summed E-state index contributed by atoms with van der Waals surface area (Å²) in [6.45, 7) is 9.30. The molecule has 7 heteroatoms. The summed E-state index contributed by atoms with van der Waals surface area (Å²) in [6.07, 6.45) is 3.12. The van der Waals surface area contributed by atoms with Gasteiger partial charge < -0.3 is 23.8 Å². The highest BCUT2D eigenvalue weighted by atomic mass is 16.5. The Morgan fingerprint density at radius 3 is 2.24 bits per heavy atom. The van der Waals surface area contributed by atoms with E-state index in [0.717, 1.165) is 12.2 Å². The number of aromatic nitrogens is 1. The molecule has 2 aromatic rings. The smallest absolute Gasteiger partial charge is 0.242 e. The zero-order chi connectivity index (χ0) is 25.0. The molecule has 0 unspecified atom stereocenters. The minimum atomic E-state index is -0.145. The quantitative estimate of drug-likeness (QED) is 0.393. The fourth-order valence-corrected chi connectivity index (χ4v) is 3.74. The Kier molecular flexibility index (Phi) is 11.3. The van der Waals surface area contributed by atoms with E-state index in [1.54, 1.807) is 24.0 Å². The monoisotopic (exact) mass is 471 g/mol. The normalized spacial score (nSPS) is 11.4. The number of nitrogens with zero attached hydrogens (tertiary/aromatic N) is 3. The van der Waals surface area contributed by atoms with Crippen molar-refractivity contribution in [2.45, 2.75) is 46.7 Å². The molecule has 1 aromatic carbocycles. The molecule has 0 N–H and O–H groups in total. The molecule has 2 rings (SSSR count). The highest BCUT2D eigenvalue weighted by Gasteiger charge is 2.25. The van der Waals surface area contributed by atoms with Crippen molar-refractivity contribution < 1.29 is 19.1 Å². The maximum Gasteiger partial charge on any atom is 0.242 e. The highest BCUT2D eigenvalue weighted by Crippen LogP contribution is 2.20. The number of ether oxygens (including phenoxy) is 2. The van der Waals surface area contributed by atoms with Crippen LogP contribution in [0.15, 0.2) is 48.7 Å². The van der Waals surface area contributed by atoms with Crippen molar-refractivity contribution >= 4 is 11.8 Å². The zero-order valence-electron chi connectivity index (χ0n) is 21.5. The van der Waals surface area contributed by atoms with Crippen molar-refractivity contribution in [3.8, 4) is 0 Å². The molecule has 1 aromatic heterocycles. The number of benzene rings is 1. The van der Waals surface area contributed by atoms with Crippen LogP contribution in [0.5, 0.6) is 0 Å². The third-order valence-corrected chi connectivity index (χ3v) is 5.53. The van der Waals surface area contributed by atoms with Crippen LogP contribution in [-0.2, 0) is 32.2 Å². The van der Waals surface area contributed by atoms with Crippen molar-refractivity contribution in [2.75, 3.05) is 47.1 Å². The molecule has 0 atom stereocenters. The second-order valence-corrected chi connectivity index (χ2v) is 9.82. The van der Waals surface area contributed by atoms with Gasteiger partial charge in [-0.15, -0.1) is 0 Å². The van der Waals surface area contributed by atoms with E-state index in [1.807, 2.05) is 57.3 Å². The average Bonchev–Trinajstić information content (AvgIpc) is 3.21. The standard InChI is InChI=1S/C27H41N3O4/c1-27(2,3)19-25(31)29(15-10-17-33-4)22-26(32)30(16-18-34-5)21-24-13-9-14-28(24)20-23-11-7-6-8-12-23/h6-9,11-14H,10,15-22H2,1-5H3. The third-order valence-electron chi connectivity index (χ3n) is 5.53. The van der Waals surface area contributed by atoms with Crippen LogP contribution in [0.3, 0.4) is 0 Å². The van der Waals surface area contributed by atoms with E-state index in [1.165, 1.54) is 5.56 Å². The van der Waals surface area contributed by atoms with Gasteiger partial charge in [-0.3, -0.25) is 9.59 Å². The molecular formula is C27H41N3O4. The minimum absolute atomic E-state index is 0.00361. The third kappa shape index (κ3) is 9.69. The molecule has 0 aliphatic rings. The Hall–Kier alpha value is -2.64. The molecule has 0 radical (unpaired) electrons. The summed E-state index contributed by atoms with van der Waals surface area (Å²) in [7, 11) is 3.27. The minimum Gasteiger partial charge on any atom is -0.385 e. The molecular weight excluding hydrogens is 430 g/mol. The molecule has 0 saturated carbocycles. The first kappa shape index (κ1) is 27.6. The Morgan fingerprint density at radius 2 is 1.59 bits per heavy atom. The summed E-state index contributed by atoms with van der Waals surface area (Å²) < 4.78 is 12.6. The Labute approximate surface area is 204 Å². The summed E-state index contributed by atoms with van der Waals surface area (Å²) >= 11 is 0. The Bertz CT molecular complexity index is 874. The lowest BCUT2D eigenvalue weighted by atomic mass is 9.91. The molecule has 7 nitrogen and oxygen atoms in total. The molecule has 0 spiro atoms. The average molecular weight is 472 g/mol. The molecule has 2 amide bonds. The van der Waals surface area contributed by atoms with Gasteiger partial charge in [-0.05, 0) is 29.5 Å². The number of carbonyl (C=O) groups excluding carboxylic acids is 2. The molecule has 1 heterocycles. The van der Waals surface area contributed by atoms with Crippen LogP contribution in [0, 0.1) is 5.41 Å². The highest BCUT2D eigenvalue weighted by molar-refractivity contribution is 5.85. The summed E-state index contributed by atoms with van der Waals surface area (Å²) in [5, 5.41) is 0. The number of methoxy groups -OCH3 is 2. The topological polar surface area (TPSA) is 64.0 Å². The molecule has 34 heavy (non-hydrogen) atoms. The van der Waals surface area contributed by atoms with Crippen LogP contribution in [0.25, 0.3) is 0 Å². The van der Waals surface area contributed by atoms with Crippen molar-refractivity contribution in [1.29, 1.82) is 0 Å². The maximum absolute atomic E-state index is 13.4. The SMILES string of the molecule is COCCCN(CC(=O)N(CCOC)Cc1cccn1Cc1ccccc1)C(=O)CC(C)(C)C. The van der Waals surface area contributed by atoms with Gasteiger partial charge in [0.05, 0.1) is 19.7 Å². The zero-order valence-corrected chi connectivity index (χ0v) is 21.5. The van der Waals surface area contributed by atoms with Crippen molar-refractivity contribution in [3.63, 3.8) is 0 Å². The van der Waals surface area contributed by atoms with Gasteiger partial charge in [0.15, 0.2) is 0 Å². The second-order valence-electron chi connectivity index (χ2n) is 9.82. The summed E-state index contributed by atoms with van der Waals surface area (Å²) in [6, 6.07) is 14.3. The molecule has 0 aliphatic carbocycles. The van der Waals surface area contributed by atoms with E-state index >= 15 is 0 Å². The fourth-order valence-electron chi connectivity index (χ4n) is 3.74. The first-order valence-corrected chi connectivity index (χ1v) is 11.9. The lowest BCUT2D eigenvalue weighted by Gasteiger charge is -2.30. The van der Waals surface area contributed by atoms with Crippen LogP contribution < -0.4 is 0 Å². The van der Waals surface area contributed by atoms with Gasteiger partial charge in [0.2, 0.25) is 11.8 Å². The van der Waals surface area contributed by atoms with E-state index in [0.29, 0.717) is 45.7 Å². The van der Waals surface area contributed by atoms with Crippen LogP contribution in [0.4, 0.5) is 0 Å². The summed E-state index contributed by atoms with van der Waals surface area (Å²) in [4.78, 5) is 29.8. The first-order chi connectivity index (χ1) is 16.2. The van der Waals surface area contributed by atoms with Gasteiger partial charge in [-0.1, -0.05) is 51.1 Å². The van der Waals surface area contributed by atoms with E-state index < -0.39 is 0 Å². The lowest BCUT2D eigenvalue weighted by molar-refractivity contribution is -0.142. The Balaban J connectivity index is 2.13. The molecule has 0 saturated heterocycles. The van der Waals surface area contributed by atoms with E-state index in [-0.39, 0.29) is 23.8 Å². The summed E-state index contributed by atoms with van der Waals surface area (Å²) in [5.74, 6) is -0.0831. The Morgan fingerprint density at radius 1 is 0.882 bits per heavy atom. The second kappa shape index (κ2) is 13.9. The van der Waals surface area contributed by atoms with Crippen molar-refractivity contribution in [3.05, 3.63) is 59.9 Å². The van der Waals surface area contributed by atoms with E-state index in [4.69, 9.17) is 9.47 Å². The van der Waals surface area contributed by atoms with Gasteiger partial charge in [0.25, 0.3) is 0 Å². The predicted octanol–water partition coefficient (Wildman–Crippen LogP) is 3.81. The first-order valence-electron chi connectivity index (χ1n) is 11.9. The predicted molar refractivity (Wildman–Crippen MR) is 134 cm³/mol. The van der Waals surface area contributed by atoms with Crippen molar-refractivity contribution in [2.24, 2.45) is 5.41 Å². The van der Waals surface area contributed by atoms with Gasteiger partial charge >= 0.3 is 0 Å². The fraction of sp³-hybridized carbons (Fsp3) is 0.556. The van der Waals surface area contributed by atoms with Crippen LogP contribution in [0.1, 0.15) is 44.9 Å². The number of rotatable bonds is 14. The van der Waals surface area contributed by atoms with Gasteiger partial charge in [0, 0.05) is 58.8 Å². The molecule has 0 aliphatic heterocycles. The number of amides is 2. The van der Waals surface area contributed by atoms with Gasteiger partial charge in [-0.2, -0.15) is 0 Å². The molecule has 188 valence electrons. The van der Waals surface area contributed by atoms with Gasteiger partial charge in [0.1, 0.15) is 0 Å². The van der Waals surface area contributed by atoms with Crippen LogP contribution >= 0.6 is 0 Å². The van der Waals surface area contributed by atoms with Crippen LogP contribution in [-0.4, -0.2) is 73.2 Å². The number of carbonyl (C=O) groups is 2. The van der Waals surface area contributed by atoms with E-state index in [9.17, 15) is 9.59 Å². The summed E-state index contributed by atoms with van der Waals surface area (Å²) in [5.41, 5.74) is 2.10. The van der Waals surface area contributed by atoms with Crippen LogP contribution in [0.2, 0.25) is 0 Å².